The highest BCUT2D eigenvalue weighted by atomic mass is 35.5. The van der Waals surface area contributed by atoms with Gasteiger partial charge in [-0.05, 0) is 30.5 Å². The molecule has 0 radical (unpaired) electrons. The van der Waals surface area contributed by atoms with Gasteiger partial charge in [0.1, 0.15) is 12.4 Å². The van der Waals surface area contributed by atoms with E-state index in [9.17, 15) is 0 Å². The molecule has 0 spiro atoms. The molecule has 1 aliphatic heterocycles. The predicted octanol–water partition coefficient (Wildman–Crippen LogP) is 2.83. The van der Waals surface area contributed by atoms with Crippen molar-refractivity contribution in [3.8, 4) is 0 Å². The Kier molecular flexibility index (Phi) is 3.30. The van der Waals surface area contributed by atoms with Crippen molar-refractivity contribution in [2.24, 2.45) is 0 Å². The van der Waals surface area contributed by atoms with Gasteiger partial charge in [0.2, 0.25) is 0 Å². The zero-order chi connectivity index (χ0) is 12.4. The van der Waals surface area contributed by atoms with E-state index in [0.29, 0.717) is 6.54 Å². The Morgan fingerprint density at radius 1 is 1.44 bits per heavy atom. The van der Waals surface area contributed by atoms with Crippen LogP contribution in [0.5, 0.6) is 0 Å². The number of halogens is 1. The predicted molar refractivity (Wildman–Crippen MR) is 68.5 cm³/mol. The fourth-order valence-corrected chi connectivity index (χ4v) is 2.45. The normalized spacial score (nSPS) is 19.3. The number of hydrogen-bond donors (Lipinski definition) is 0. The molecule has 0 N–H and O–H groups in total. The minimum atomic E-state index is 0.0895. The van der Waals surface area contributed by atoms with E-state index in [0.717, 1.165) is 35.9 Å². The quantitative estimate of drug-likeness (QED) is 0.855. The molecule has 1 aromatic heterocycles. The van der Waals surface area contributed by atoms with Gasteiger partial charge in [-0.25, -0.2) is 9.67 Å². The average Bonchev–Trinajstić information content (AvgIpc) is 2.98. The van der Waals surface area contributed by atoms with Gasteiger partial charge in [0.25, 0.3) is 0 Å². The molecule has 1 aliphatic rings. The summed E-state index contributed by atoms with van der Waals surface area (Å²) in [6.07, 6.45) is 3.79. The third-order valence-corrected chi connectivity index (χ3v) is 3.32. The zero-order valence-corrected chi connectivity index (χ0v) is 10.7. The van der Waals surface area contributed by atoms with Gasteiger partial charge in [0, 0.05) is 11.6 Å². The third-order valence-electron chi connectivity index (χ3n) is 3.08. The van der Waals surface area contributed by atoms with Gasteiger partial charge in [-0.3, -0.25) is 0 Å². The fourth-order valence-electron chi connectivity index (χ4n) is 2.23. The summed E-state index contributed by atoms with van der Waals surface area (Å²) in [5.74, 6) is 0.910. The average molecular weight is 264 g/mol. The first-order valence-corrected chi connectivity index (χ1v) is 6.44. The summed E-state index contributed by atoms with van der Waals surface area (Å²) in [6.45, 7) is 1.49. The lowest BCUT2D eigenvalue weighted by Crippen LogP contribution is -2.11. The van der Waals surface area contributed by atoms with Crippen molar-refractivity contribution in [1.29, 1.82) is 0 Å². The van der Waals surface area contributed by atoms with Gasteiger partial charge in [-0.15, -0.1) is 0 Å². The molecule has 2 aromatic rings. The largest absolute Gasteiger partial charge is 0.370 e. The lowest BCUT2D eigenvalue weighted by atomic mass is 10.2. The van der Waals surface area contributed by atoms with Gasteiger partial charge in [0.15, 0.2) is 5.82 Å². The number of nitrogens with zero attached hydrogens (tertiary/aromatic N) is 3. The van der Waals surface area contributed by atoms with Crippen molar-refractivity contribution < 1.29 is 4.74 Å². The van der Waals surface area contributed by atoms with Crippen molar-refractivity contribution in [3.63, 3.8) is 0 Å². The monoisotopic (exact) mass is 263 g/mol. The first-order chi connectivity index (χ1) is 8.83. The molecule has 0 bridgehead atoms. The van der Waals surface area contributed by atoms with Gasteiger partial charge in [-0.2, -0.15) is 5.10 Å². The second-order valence-corrected chi connectivity index (χ2v) is 4.84. The Labute approximate surface area is 111 Å². The van der Waals surface area contributed by atoms with Crippen LogP contribution < -0.4 is 0 Å². The zero-order valence-electron chi connectivity index (χ0n) is 9.92. The molecular formula is C13H14ClN3O. The fraction of sp³-hybridized carbons (Fsp3) is 0.385. The number of aromatic nitrogens is 3. The highest BCUT2D eigenvalue weighted by Gasteiger charge is 2.22. The summed E-state index contributed by atoms with van der Waals surface area (Å²) in [4.78, 5) is 4.31. The molecule has 0 saturated carbocycles. The standard InChI is InChI=1S/C13H14ClN3O/c14-11-4-1-3-10(7-11)8-17-13(15-9-16-17)12-5-2-6-18-12/h1,3-4,7,9,12H,2,5-6,8H2/t12-/m0/s1. The van der Waals surface area contributed by atoms with E-state index in [2.05, 4.69) is 10.1 Å². The Morgan fingerprint density at radius 3 is 3.17 bits per heavy atom. The molecule has 1 fully saturated rings. The van der Waals surface area contributed by atoms with Gasteiger partial charge >= 0.3 is 0 Å². The van der Waals surface area contributed by atoms with E-state index in [1.54, 1.807) is 6.33 Å². The lowest BCUT2D eigenvalue weighted by Gasteiger charge is -2.11. The maximum absolute atomic E-state index is 5.98. The van der Waals surface area contributed by atoms with Crippen LogP contribution in [0.3, 0.4) is 0 Å². The summed E-state index contributed by atoms with van der Waals surface area (Å²) in [5, 5.41) is 5.01. The molecule has 2 heterocycles. The molecule has 4 nitrogen and oxygen atoms in total. The minimum Gasteiger partial charge on any atom is -0.370 e. The molecule has 1 saturated heterocycles. The highest BCUT2D eigenvalue weighted by Crippen LogP contribution is 2.27. The van der Waals surface area contributed by atoms with Crippen LogP contribution >= 0.6 is 11.6 Å². The second-order valence-electron chi connectivity index (χ2n) is 4.41. The number of benzene rings is 1. The van der Waals surface area contributed by atoms with Gasteiger partial charge in [0.05, 0.1) is 6.54 Å². The SMILES string of the molecule is Clc1cccc(Cn2ncnc2[C@@H]2CCCO2)c1. The highest BCUT2D eigenvalue weighted by molar-refractivity contribution is 6.30. The van der Waals surface area contributed by atoms with Crippen LogP contribution in [-0.2, 0) is 11.3 Å². The topological polar surface area (TPSA) is 39.9 Å². The van der Waals surface area contributed by atoms with Crippen LogP contribution in [0.1, 0.15) is 30.3 Å². The Bertz CT molecular complexity index is 535. The maximum atomic E-state index is 5.98. The van der Waals surface area contributed by atoms with Crippen LogP contribution in [0.4, 0.5) is 0 Å². The minimum absolute atomic E-state index is 0.0895. The number of ether oxygens (including phenoxy) is 1. The van der Waals surface area contributed by atoms with E-state index in [-0.39, 0.29) is 6.10 Å². The lowest BCUT2D eigenvalue weighted by molar-refractivity contribution is 0.101. The van der Waals surface area contributed by atoms with Crippen molar-refractivity contribution in [2.75, 3.05) is 6.61 Å². The summed E-state index contributed by atoms with van der Waals surface area (Å²) >= 11 is 5.98. The van der Waals surface area contributed by atoms with Gasteiger partial charge in [-0.1, -0.05) is 23.7 Å². The first kappa shape index (κ1) is 11.7. The Balaban J connectivity index is 1.82. The maximum Gasteiger partial charge on any atom is 0.156 e. The Morgan fingerprint density at radius 2 is 2.39 bits per heavy atom. The molecule has 0 unspecified atom stereocenters. The van der Waals surface area contributed by atoms with Crippen LogP contribution in [0.25, 0.3) is 0 Å². The molecule has 5 heteroatoms. The summed E-state index contributed by atoms with van der Waals surface area (Å²) in [7, 11) is 0. The number of rotatable bonds is 3. The summed E-state index contributed by atoms with van der Waals surface area (Å²) in [6, 6.07) is 7.79. The van der Waals surface area contributed by atoms with Crippen molar-refractivity contribution in [1.82, 2.24) is 14.8 Å². The Hall–Kier alpha value is -1.39. The molecule has 18 heavy (non-hydrogen) atoms. The molecule has 0 aliphatic carbocycles. The van der Waals surface area contributed by atoms with Crippen molar-refractivity contribution >= 4 is 11.6 Å². The van der Waals surface area contributed by atoms with E-state index in [4.69, 9.17) is 16.3 Å². The molecule has 3 rings (SSSR count). The second kappa shape index (κ2) is 5.08. The molecule has 1 aromatic carbocycles. The third kappa shape index (κ3) is 2.40. The molecular weight excluding hydrogens is 250 g/mol. The molecule has 0 amide bonds. The number of hydrogen-bond acceptors (Lipinski definition) is 3. The van der Waals surface area contributed by atoms with Gasteiger partial charge < -0.3 is 4.74 Å². The van der Waals surface area contributed by atoms with Crippen molar-refractivity contribution in [3.05, 3.63) is 47.0 Å². The first-order valence-electron chi connectivity index (χ1n) is 6.07. The van der Waals surface area contributed by atoms with E-state index < -0.39 is 0 Å². The van der Waals surface area contributed by atoms with E-state index in [1.807, 2.05) is 28.9 Å². The molecule has 94 valence electrons. The molecule has 1 atom stereocenters. The smallest absolute Gasteiger partial charge is 0.156 e. The van der Waals surface area contributed by atoms with Crippen LogP contribution in [0.2, 0.25) is 5.02 Å². The van der Waals surface area contributed by atoms with E-state index in [1.165, 1.54) is 0 Å². The summed E-state index contributed by atoms with van der Waals surface area (Å²) < 4.78 is 7.54. The van der Waals surface area contributed by atoms with Crippen LogP contribution in [0, 0.1) is 0 Å². The van der Waals surface area contributed by atoms with Crippen LogP contribution in [0.15, 0.2) is 30.6 Å². The van der Waals surface area contributed by atoms with Crippen LogP contribution in [-0.4, -0.2) is 21.4 Å². The van der Waals surface area contributed by atoms with E-state index >= 15 is 0 Å². The summed E-state index contributed by atoms with van der Waals surface area (Å²) in [5.41, 5.74) is 1.12. The van der Waals surface area contributed by atoms with Crippen molar-refractivity contribution in [2.45, 2.75) is 25.5 Å².